The zero-order valence-electron chi connectivity index (χ0n) is 7.87. The molecule has 0 saturated heterocycles. The maximum Gasteiger partial charge on any atom is 0.313 e. The van der Waals surface area contributed by atoms with Crippen molar-refractivity contribution < 1.29 is 23.8 Å². The molecular weight excluding hydrogens is 254 g/mol. The van der Waals surface area contributed by atoms with E-state index in [1.807, 2.05) is 0 Å². The van der Waals surface area contributed by atoms with E-state index in [0.29, 0.717) is 4.90 Å². The number of nitrogens with one attached hydrogen (secondary N) is 1. The van der Waals surface area contributed by atoms with Crippen LogP contribution in [0, 0.1) is 0 Å². The van der Waals surface area contributed by atoms with Crippen molar-refractivity contribution in [2.45, 2.75) is 4.90 Å². The number of carbonyl (C=O) groups is 1. The average molecular weight is 262 g/mol. The molecule has 0 saturated carbocycles. The van der Waals surface area contributed by atoms with Gasteiger partial charge in [-0.1, -0.05) is 0 Å². The van der Waals surface area contributed by atoms with Gasteiger partial charge in [-0.3, -0.25) is 9.00 Å². The number of phenols is 1. The van der Waals surface area contributed by atoms with Gasteiger partial charge >= 0.3 is 5.97 Å². The second-order valence-corrected chi connectivity index (χ2v) is 4.39. The molecule has 8 heteroatoms. The fourth-order valence-corrected chi connectivity index (χ4v) is 1.95. The molecule has 0 aliphatic heterocycles. The Morgan fingerprint density at radius 2 is 2.25 bits per heavy atom. The van der Waals surface area contributed by atoms with E-state index >= 15 is 0 Å². The Morgan fingerprint density at radius 3 is 2.81 bits per heavy atom. The molecule has 0 aliphatic rings. The number of aromatic hydroxyl groups is 1. The number of rotatable bonds is 5. The third-order valence-corrected chi connectivity index (χ3v) is 2.94. The van der Waals surface area contributed by atoms with Gasteiger partial charge in [0.05, 0.1) is 10.6 Å². The van der Waals surface area contributed by atoms with Crippen LogP contribution in [0.15, 0.2) is 23.1 Å². The average Bonchev–Trinajstić information content (AvgIpc) is 2.18. The van der Waals surface area contributed by atoms with Gasteiger partial charge in [0.2, 0.25) is 0 Å². The van der Waals surface area contributed by atoms with E-state index in [4.69, 9.17) is 5.11 Å². The topological polar surface area (TPSA) is 110 Å². The van der Waals surface area contributed by atoms with Crippen molar-refractivity contribution in [1.82, 2.24) is 0 Å². The molecule has 1 aromatic rings. The largest absolute Gasteiger partial charge is 0.755 e. The molecular formula is C8H8NO5S2-. The SMILES string of the molecule is O=C(O)CSc1cc(NS(=O)[O-])ccc1O. The van der Waals surface area contributed by atoms with Gasteiger partial charge in [0.25, 0.3) is 0 Å². The van der Waals surface area contributed by atoms with Gasteiger partial charge in [-0.05, 0) is 18.2 Å². The Labute approximate surface area is 98.1 Å². The molecule has 16 heavy (non-hydrogen) atoms. The van der Waals surface area contributed by atoms with Crippen LogP contribution in [0.5, 0.6) is 5.75 Å². The summed E-state index contributed by atoms with van der Waals surface area (Å²) < 4.78 is 22.8. The van der Waals surface area contributed by atoms with E-state index in [1.54, 1.807) is 0 Å². The van der Waals surface area contributed by atoms with Crippen LogP contribution in [0.3, 0.4) is 0 Å². The number of phenolic OH excluding ortho intramolecular Hbond substituents is 1. The molecule has 0 radical (unpaired) electrons. The molecule has 1 aromatic carbocycles. The van der Waals surface area contributed by atoms with Crippen molar-refractivity contribution in [2.75, 3.05) is 10.5 Å². The molecule has 0 aromatic heterocycles. The highest BCUT2D eigenvalue weighted by Crippen LogP contribution is 2.30. The highest BCUT2D eigenvalue weighted by atomic mass is 32.2. The number of hydrogen-bond donors (Lipinski definition) is 3. The van der Waals surface area contributed by atoms with Crippen LogP contribution in [0.1, 0.15) is 0 Å². The van der Waals surface area contributed by atoms with Gasteiger partial charge in [-0.25, -0.2) is 0 Å². The summed E-state index contributed by atoms with van der Waals surface area (Å²) in [5, 5.41) is 17.9. The summed E-state index contributed by atoms with van der Waals surface area (Å²) in [5.74, 6) is -1.32. The smallest absolute Gasteiger partial charge is 0.313 e. The summed E-state index contributed by atoms with van der Waals surface area (Å²) in [4.78, 5) is 10.6. The van der Waals surface area contributed by atoms with Gasteiger partial charge in [-0.15, -0.1) is 11.8 Å². The van der Waals surface area contributed by atoms with Gasteiger partial charge in [0.15, 0.2) is 0 Å². The van der Waals surface area contributed by atoms with Crippen LogP contribution in [-0.4, -0.2) is 30.7 Å². The van der Waals surface area contributed by atoms with E-state index in [1.165, 1.54) is 18.2 Å². The van der Waals surface area contributed by atoms with Gasteiger partial charge in [-0.2, -0.15) is 0 Å². The Hall–Kier alpha value is -1.25. The monoisotopic (exact) mass is 262 g/mol. The van der Waals surface area contributed by atoms with Crippen LogP contribution >= 0.6 is 11.8 Å². The highest BCUT2D eigenvalue weighted by Gasteiger charge is 2.06. The Bertz CT molecular complexity index is 423. The molecule has 0 heterocycles. The van der Waals surface area contributed by atoms with Crippen molar-refractivity contribution in [1.29, 1.82) is 0 Å². The van der Waals surface area contributed by atoms with Crippen LogP contribution in [0.25, 0.3) is 0 Å². The first-order valence-electron chi connectivity index (χ1n) is 4.02. The van der Waals surface area contributed by atoms with E-state index in [9.17, 15) is 18.7 Å². The maximum absolute atomic E-state index is 10.4. The molecule has 1 rings (SSSR count). The molecule has 0 fully saturated rings. The van der Waals surface area contributed by atoms with E-state index < -0.39 is 17.2 Å². The zero-order valence-corrected chi connectivity index (χ0v) is 9.51. The standard InChI is InChI=1S/C8H9NO5S2/c10-6-2-1-5(9-16(13)14)3-7(6)15-4-8(11)12/h1-3,9-10H,4H2,(H,11,12)(H,13,14)/p-1. The lowest BCUT2D eigenvalue weighted by atomic mass is 10.3. The fourth-order valence-electron chi connectivity index (χ4n) is 0.929. The predicted octanol–water partition coefficient (Wildman–Crippen LogP) is 0.775. The van der Waals surface area contributed by atoms with Crippen LogP contribution in [-0.2, 0) is 16.1 Å². The minimum Gasteiger partial charge on any atom is -0.755 e. The summed E-state index contributed by atoms with van der Waals surface area (Å²) in [6, 6.07) is 4.02. The number of hydrogen-bond acceptors (Lipinski definition) is 5. The van der Waals surface area contributed by atoms with Gasteiger partial charge in [0, 0.05) is 17.0 Å². The zero-order chi connectivity index (χ0) is 12.1. The molecule has 3 N–H and O–H groups in total. The molecule has 0 spiro atoms. The Kier molecular flexibility index (Phi) is 4.59. The highest BCUT2D eigenvalue weighted by molar-refractivity contribution is 8.00. The molecule has 1 unspecified atom stereocenters. The minimum atomic E-state index is -2.45. The fraction of sp³-hybridized carbons (Fsp3) is 0.125. The van der Waals surface area contributed by atoms with Crippen LogP contribution in [0.4, 0.5) is 5.69 Å². The number of anilines is 1. The van der Waals surface area contributed by atoms with Crippen LogP contribution < -0.4 is 4.72 Å². The number of benzene rings is 1. The van der Waals surface area contributed by atoms with Crippen molar-refractivity contribution in [3.63, 3.8) is 0 Å². The van der Waals surface area contributed by atoms with Crippen molar-refractivity contribution in [2.24, 2.45) is 0 Å². The number of carboxylic acids is 1. The molecule has 0 bridgehead atoms. The predicted molar refractivity (Wildman–Crippen MR) is 59.0 cm³/mol. The summed E-state index contributed by atoms with van der Waals surface area (Å²) in [6.45, 7) is 0. The lowest BCUT2D eigenvalue weighted by Gasteiger charge is -2.10. The molecule has 0 aliphatic carbocycles. The van der Waals surface area contributed by atoms with E-state index in [2.05, 4.69) is 4.72 Å². The third-order valence-electron chi connectivity index (χ3n) is 1.51. The summed E-state index contributed by atoms with van der Waals surface area (Å²) >= 11 is -1.55. The normalized spacial score (nSPS) is 12.1. The van der Waals surface area contributed by atoms with Crippen molar-refractivity contribution in [3.05, 3.63) is 18.2 Å². The van der Waals surface area contributed by atoms with Crippen molar-refractivity contribution >= 4 is 34.7 Å². The Morgan fingerprint density at radius 1 is 1.56 bits per heavy atom. The first-order valence-corrected chi connectivity index (χ1v) is 6.08. The maximum atomic E-state index is 10.4. The number of carboxylic acid groups (broad SMARTS) is 1. The lowest BCUT2D eigenvalue weighted by molar-refractivity contribution is -0.133. The van der Waals surface area contributed by atoms with Crippen molar-refractivity contribution in [3.8, 4) is 5.75 Å². The lowest BCUT2D eigenvalue weighted by Crippen LogP contribution is -2.02. The summed E-state index contributed by atoms with van der Waals surface area (Å²) in [5.41, 5.74) is 0.263. The first kappa shape index (κ1) is 12.8. The van der Waals surface area contributed by atoms with E-state index in [0.717, 1.165) is 11.8 Å². The second kappa shape index (κ2) is 5.73. The summed E-state index contributed by atoms with van der Waals surface area (Å²) in [7, 11) is 0. The van der Waals surface area contributed by atoms with Crippen LogP contribution in [0.2, 0.25) is 0 Å². The molecule has 6 nitrogen and oxygen atoms in total. The molecule has 0 amide bonds. The molecule has 88 valence electrons. The van der Waals surface area contributed by atoms with Gasteiger partial charge in [0.1, 0.15) is 5.75 Å². The third kappa shape index (κ3) is 4.09. The van der Waals surface area contributed by atoms with E-state index in [-0.39, 0.29) is 17.2 Å². The minimum absolute atomic E-state index is 0.0894. The molecule has 1 atom stereocenters. The second-order valence-electron chi connectivity index (χ2n) is 2.70. The number of aliphatic carboxylic acids is 1. The van der Waals surface area contributed by atoms with Gasteiger partial charge < -0.3 is 19.5 Å². The number of thioether (sulfide) groups is 1. The first-order chi connectivity index (χ1) is 7.49. The Balaban J connectivity index is 2.81. The quantitative estimate of drug-likeness (QED) is 0.411. The summed E-state index contributed by atoms with van der Waals surface area (Å²) in [6.07, 6.45) is 0.